The molecule has 4 nitrogen and oxygen atoms in total. The molecule has 1 aromatic rings. The van der Waals surface area contributed by atoms with Crippen molar-refractivity contribution in [2.75, 3.05) is 11.9 Å². The Morgan fingerprint density at radius 2 is 1.70 bits per heavy atom. The molecule has 2 N–H and O–H groups in total. The molecule has 0 bridgehead atoms. The van der Waals surface area contributed by atoms with Gasteiger partial charge in [0.15, 0.2) is 0 Å². The minimum Gasteiger partial charge on any atom is -0.355 e. The lowest BCUT2D eigenvalue weighted by Gasteiger charge is -2.24. The number of hydrogen-bond acceptors (Lipinski definition) is 2. The smallest absolute Gasteiger partial charge is 0.234 e. The first-order chi connectivity index (χ1) is 10.6. The van der Waals surface area contributed by atoms with Gasteiger partial charge in [-0.3, -0.25) is 9.59 Å². The Morgan fingerprint density at radius 1 is 1.13 bits per heavy atom. The molecule has 128 valence electrons. The molecule has 1 aromatic carbocycles. The van der Waals surface area contributed by atoms with E-state index in [0.717, 1.165) is 5.69 Å². The first-order valence-corrected chi connectivity index (χ1v) is 8.84. The maximum Gasteiger partial charge on any atom is 0.234 e. The third-order valence-electron chi connectivity index (χ3n) is 3.50. The van der Waals surface area contributed by atoms with Crippen molar-refractivity contribution >= 4 is 33.4 Å². The number of amides is 2. The van der Waals surface area contributed by atoms with Gasteiger partial charge in [0.05, 0.1) is 4.83 Å². The Labute approximate surface area is 147 Å². The van der Waals surface area contributed by atoms with Crippen LogP contribution in [0.15, 0.2) is 24.3 Å². The number of hydrogen-bond donors (Lipinski definition) is 2. The fraction of sp³-hybridized carbons (Fsp3) is 0.556. The quantitative estimate of drug-likeness (QED) is 0.728. The largest absolute Gasteiger partial charge is 0.355 e. The zero-order valence-electron chi connectivity index (χ0n) is 14.6. The maximum atomic E-state index is 11.9. The Kier molecular flexibility index (Phi) is 7.26. The summed E-state index contributed by atoms with van der Waals surface area (Å²) in [5, 5.41) is 5.62. The highest BCUT2D eigenvalue weighted by Gasteiger charge is 2.28. The fourth-order valence-electron chi connectivity index (χ4n) is 1.96. The Bertz CT molecular complexity index is 533. The van der Waals surface area contributed by atoms with Gasteiger partial charge in [0, 0.05) is 18.7 Å². The van der Waals surface area contributed by atoms with Crippen LogP contribution >= 0.6 is 15.9 Å². The number of halogens is 1. The molecule has 0 saturated carbocycles. The molecule has 2 amide bonds. The number of alkyl halides is 1. The van der Waals surface area contributed by atoms with E-state index < -0.39 is 0 Å². The number of nitrogens with one attached hydrogen (secondary N) is 2. The Hall–Kier alpha value is -1.36. The van der Waals surface area contributed by atoms with Gasteiger partial charge in [-0.05, 0) is 29.0 Å². The second-order valence-electron chi connectivity index (χ2n) is 7.09. The average Bonchev–Trinajstić information content (AvgIpc) is 2.45. The van der Waals surface area contributed by atoms with Crippen LogP contribution in [0.2, 0.25) is 0 Å². The predicted octanol–water partition coefficient (Wildman–Crippen LogP) is 4.06. The molecule has 5 heteroatoms. The van der Waals surface area contributed by atoms with Gasteiger partial charge in [0.1, 0.15) is 0 Å². The van der Waals surface area contributed by atoms with E-state index in [1.807, 2.05) is 45.0 Å². The van der Waals surface area contributed by atoms with Crippen LogP contribution in [0.25, 0.3) is 0 Å². The molecule has 0 aliphatic heterocycles. The van der Waals surface area contributed by atoms with Crippen LogP contribution in [-0.4, -0.2) is 23.2 Å². The summed E-state index contributed by atoms with van der Waals surface area (Å²) < 4.78 is 0. The molecule has 0 unspecified atom stereocenters. The highest BCUT2D eigenvalue weighted by atomic mass is 79.9. The molecular formula is C18H27BrN2O2. The Morgan fingerprint density at radius 3 is 2.17 bits per heavy atom. The van der Waals surface area contributed by atoms with Crippen LogP contribution in [0.1, 0.15) is 52.5 Å². The standard InChI is InChI=1S/C18H27BrN2O2/c1-12(2)13-6-8-14(9-7-13)21-15(22)10-11-20-17(23)16(19)18(3,4)5/h6-9,12,16H,10-11H2,1-5H3,(H,20,23)(H,21,22)/t16-/m1/s1. The van der Waals surface area contributed by atoms with Crippen molar-refractivity contribution in [2.45, 2.75) is 51.8 Å². The molecule has 23 heavy (non-hydrogen) atoms. The van der Waals surface area contributed by atoms with Crippen LogP contribution in [0.4, 0.5) is 5.69 Å². The van der Waals surface area contributed by atoms with E-state index in [2.05, 4.69) is 40.4 Å². The minimum atomic E-state index is -0.276. The first kappa shape index (κ1) is 19.7. The van der Waals surface area contributed by atoms with Crippen LogP contribution < -0.4 is 10.6 Å². The molecule has 1 atom stereocenters. The molecule has 1 rings (SSSR count). The summed E-state index contributed by atoms with van der Waals surface area (Å²) in [6, 6.07) is 7.83. The summed E-state index contributed by atoms with van der Waals surface area (Å²) in [4.78, 5) is 23.6. The van der Waals surface area contributed by atoms with Crippen molar-refractivity contribution in [3.8, 4) is 0 Å². The second kappa shape index (κ2) is 8.48. The summed E-state index contributed by atoms with van der Waals surface area (Å²) in [7, 11) is 0. The molecule has 0 saturated heterocycles. The highest BCUT2D eigenvalue weighted by molar-refractivity contribution is 9.10. The van der Waals surface area contributed by atoms with Crippen LogP contribution in [-0.2, 0) is 9.59 Å². The van der Waals surface area contributed by atoms with Gasteiger partial charge in [0.2, 0.25) is 11.8 Å². The Balaban J connectivity index is 2.39. The fourth-order valence-corrected chi connectivity index (χ4v) is 2.12. The first-order valence-electron chi connectivity index (χ1n) is 7.93. The van der Waals surface area contributed by atoms with Crippen molar-refractivity contribution in [1.29, 1.82) is 0 Å². The van der Waals surface area contributed by atoms with Crippen LogP contribution in [0.5, 0.6) is 0 Å². The molecule has 0 aliphatic rings. The topological polar surface area (TPSA) is 58.2 Å². The van der Waals surface area contributed by atoms with Gasteiger partial charge >= 0.3 is 0 Å². The zero-order valence-corrected chi connectivity index (χ0v) is 16.2. The molecule has 0 aliphatic carbocycles. The van der Waals surface area contributed by atoms with Crippen molar-refractivity contribution in [3.63, 3.8) is 0 Å². The number of benzene rings is 1. The number of anilines is 1. The molecule has 0 radical (unpaired) electrons. The van der Waals surface area contributed by atoms with Crippen LogP contribution in [0.3, 0.4) is 0 Å². The summed E-state index contributed by atoms with van der Waals surface area (Å²) in [5.74, 6) is 0.269. The van der Waals surface area contributed by atoms with Crippen LogP contribution in [0, 0.1) is 5.41 Å². The molecule has 0 heterocycles. The van der Waals surface area contributed by atoms with Crippen molar-refractivity contribution in [3.05, 3.63) is 29.8 Å². The molecule has 0 spiro atoms. The zero-order chi connectivity index (χ0) is 17.6. The maximum absolute atomic E-state index is 11.9. The minimum absolute atomic E-state index is 0.0911. The van der Waals surface area contributed by atoms with E-state index >= 15 is 0 Å². The van der Waals surface area contributed by atoms with Gasteiger partial charge in [-0.25, -0.2) is 0 Å². The molecule has 0 fully saturated rings. The van der Waals surface area contributed by atoms with E-state index in [4.69, 9.17) is 0 Å². The molecule has 0 aromatic heterocycles. The van der Waals surface area contributed by atoms with Crippen molar-refractivity contribution < 1.29 is 9.59 Å². The van der Waals surface area contributed by atoms with E-state index in [1.165, 1.54) is 5.56 Å². The third-order valence-corrected chi connectivity index (χ3v) is 5.29. The normalized spacial score (nSPS) is 12.8. The SMILES string of the molecule is CC(C)c1ccc(NC(=O)CCNC(=O)[C@@H](Br)C(C)(C)C)cc1. The summed E-state index contributed by atoms with van der Waals surface area (Å²) in [6.45, 7) is 10.5. The third kappa shape index (κ3) is 6.73. The van der Waals surface area contributed by atoms with E-state index in [0.29, 0.717) is 12.5 Å². The number of carbonyl (C=O) groups is 2. The lowest BCUT2D eigenvalue weighted by molar-refractivity contribution is -0.122. The monoisotopic (exact) mass is 382 g/mol. The molecular weight excluding hydrogens is 356 g/mol. The van der Waals surface area contributed by atoms with Gasteiger partial charge in [-0.2, -0.15) is 0 Å². The van der Waals surface area contributed by atoms with Gasteiger partial charge < -0.3 is 10.6 Å². The summed E-state index contributed by atoms with van der Waals surface area (Å²) in [6.07, 6.45) is 0.252. The number of carbonyl (C=O) groups excluding carboxylic acids is 2. The lowest BCUT2D eigenvalue weighted by atomic mass is 9.92. The summed E-state index contributed by atoms with van der Waals surface area (Å²) in [5.41, 5.74) is 1.85. The van der Waals surface area contributed by atoms with E-state index in [9.17, 15) is 9.59 Å². The number of rotatable bonds is 6. The van der Waals surface area contributed by atoms with Crippen molar-refractivity contribution in [1.82, 2.24) is 5.32 Å². The lowest BCUT2D eigenvalue weighted by Crippen LogP contribution is -2.39. The van der Waals surface area contributed by atoms with Crippen molar-refractivity contribution in [2.24, 2.45) is 5.41 Å². The predicted molar refractivity (Wildman–Crippen MR) is 99.0 cm³/mol. The van der Waals surface area contributed by atoms with E-state index in [1.54, 1.807) is 0 Å². The summed E-state index contributed by atoms with van der Waals surface area (Å²) >= 11 is 3.39. The second-order valence-corrected chi connectivity index (χ2v) is 8.01. The van der Waals surface area contributed by atoms with Gasteiger partial charge in [0.25, 0.3) is 0 Å². The van der Waals surface area contributed by atoms with Gasteiger partial charge in [-0.15, -0.1) is 0 Å². The van der Waals surface area contributed by atoms with Gasteiger partial charge in [-0.1, -0.05) is 62.7 Å². The highest BCUT2D eigenvalue weighted by Crippen LogP contribution is 2.25. The van der Waals surface area contributed by atoms with E-state index in [-0.39, 0.29) is 28.5 Å². The average molecular weight is 383 g/mol.